The largest absolute Gasteiger partial charge is 0.383 e. The van der Waals surface area contributed by atoms with Gasteiger partial charge in [0.2, 0.25) is 0 Å². The standard InChI is InChI=1S/C18H30N4O/c1-4-19-18(20-10-12-23-3)21-13-15(2)22-11-9-16-7-5-6-8-17(16)14-22/h5-8,15H,4,9-14H2,1-3H3,(H2,19,20,21). The number of hydrogen-bond donors (Lipinski definition) is 2. The van der Waals surface area contributed by atoms with Crippen molar-refractivity contribution in [2.45, 2.75) is 32.9 Å². The smallest absolute Gasteiger partial charge is 0.191 e. The normalized spacial score (nSPS) is 16.7. The van der Waals surface area contributed by atoms with Crippen molar-refractivity contribution in [2.75, 3.05) is 39.9 Å². The second-order valence-electron chi connectivity index (χ2n) is 5.98. The van der Waals surface area contributed by atoms with E-state index in [2.05, 4.69) is 53.6 Å². The molecule has 0 aliphatic carbocycles. The molecule has 0 amide bonds. The van der Waals surface area contributed by atoms with Crippen LogP contribution in [0, 0.1) is 0 Å². The lowest BCUT2D eigenvalue weighted by molar-refractivity contribution is 0.195. The van der Waals surface area contributed by atoms with E-state index in [9.17, 15) is 0 Å². The van der Waals surface area contributed by atoms with Gasteiger partial charge in [0.25, 0.3) is 0 Å². The first-order valence-corrected chi connectivity index (χ1v) is 8.56. The Hall–Kier alpha value is -1.59. The Bertz CT molecular complexity index is 504. The van der Waals surface area contributed by atoms with Gasteiger partial charge in [0.1, 0.15) is 0 Å². The van der Waals surface area contributed by atoms with Gasteiger partial charge >= 0.3 is 0 Å². The molecule has 2 N–H and O–H groups in total. The number of aliphatic imine (C=N–C) groups is 1. The van der Waals surface area contributed by atoms with E-state index >= 15 is 0 Å². The minimum absolute atomic E-state index is 0.432. The van der Waals surface area contributed by atoms with Gasteiger partial charge in [0, 0.05) is 39.3 Å². The van der Waals surface area contributed by atoms with Crippen molar-refractivity contribution in [2.24, 2.45) is 4.99 Å². The zero-order valence-corrected chi connectivity index (χ0v) is 14.6. The third-order valence-electron chi connectivity index (χ3n) is 4.24. The molecule has 5 nitrogen and oxygen atoms in total. The lowest BCUT2D eigenvalue weighted by Gasteiger charge is -2.33. The van der Waals surface area contributed by atoms with Crippen LogP contribution in [0.15, 0.2) is 29.3 Å². The maximum Gasteiger partial charge on any atom is 0.191 e. The Morgan fingerprint density at radius 3 is 2.83 bits per heavy atom. The van der Waals surface area contributed by atoms with Crippen molar-refractivity contribution in [3.63, 3.8) is 0 Å². The third kappa shape index (κ3) is 5.52. The van der Waals surface area contributed by atoms with Crippen molar-refractivity contribution in [3.8, 4) is 0 Å². The molecule has 0 bridgehead atoms. The second-order valence-corrected chi connectivity index (χ2v) is 5.98. The zero-order chi connectivity index (χ0) is 16.5. The summed E-state index contributed by atoms with van der Waals surface area (Å²) >= 11 is 0. The number of rotatable bonds is 7. The molecule has 1 aliphatic heterocycles. The third-order valence-corrected chi connectivity index (χ3v) is 4.24. The van der Waals surface area contributed by atoms with Crippen molar-refractivity contribution in [3.05, 3.63) is 35.4 Å². The molecule has 1 aromatic carbocycles. The summed E-state index contributed by atoms with van der Waals surface area (Å²) < 4.78 is 5.07. The SMILES string of the molecule is CCNC(=NCC(C)N1CCc2ccccc2C1)NCCOC. The van der Waals surface area contributed by atoms with Crippen LogP contribution in [0.4, 0.5) is 0 Å². The average Bonchev–Trinajstić information content (AvgIpc) is 2.59. The van der Waals surface area contributed by atoms with Crippen LogP contribution in [0.2, 0.25) is 0 Å². The van der Waals surface area contributed by atoms with E-state index in [1.165, 1.54) is 11.1 Å². The molecule has 1 unspecified atom stereocenters. The summed E-state index contributed by atoms with van der Waals surface area (Å²) in [5, 5.41) is 6.57. The molecule has 5 heteroatoms. The summed E-state index contributed by atoms with van der Waals surface area (Å²) in [6.45, 7) is 9.60. The van der Waals surface area contributed by atoms with Crippen LogP contribution < -0.4 is 10.6 Å². The van der Waals surface area contributed by atoms with Gasteiger partial charge < -0.3 is 15.4 Å². The monoisotopic (exact) mass is 318 g/mol. The summed E-state index contributed by atoms with van der Waals surface area (Å²) in [5.41, 5.74) is 2.95. The van der Waals surface area contributed by atoms with Gasteiger partial charge in [-0.2, -0.15) is 0 Å². The van der Waals surface area contributed by atoms with E-state index in [1.807, 2.05) is 0 Å². The molecule has 128 valence electrons. The molecule has 1 aliphatic rings. The van der Waals surface area contributed by atoms with Crippen molar-refractivity contribution in [1.82, 2.24) is 15.5 Å². The van der Waals surface area contributed by atoms with Gasteiger partial charge in [-0.3, -0.25) is 9.89 Å². The summed E-state index contributed by atoms with van der Waals surface area (Å²) in [4.78, 5) is 7.23. The molecule has 0 fully saturated rings. The molecule has 1 heterocycles. The fourth-order valence-electron chi connectivity index (χ4n) is 2.85. The van der Waals surface area contributed by atoms with Crippen LogP contribution in [0.5, 0.6) is 0 Å². The maximum atomic E-state index is 5.07. The molecular formula is C18H30N4O. The maximum absolute atomic E-state index is 5.07. The molecule has 0 saturated heterocycles. The Morgan fingerprint density at radius 1 is 1.30 bits per heavy atom. The van der Waals surface area contributed by atoms with Gasteiger partial charge in [0.15, 0.2) is 5.96 Å². The van der Waals surface area contributed by atoms with Crippen LogP contribution in [0.3, 0.4) is 0 Å². The van der Waals surface area contributed by atoms with E-state index in [1.54, 1.807) is 7.11 Å². The summed E-state index contributed by atoms with van der Waals surface area (Å²) in [6, 6.07) is 9.19. The number of ether oxygens (including phenoxy) is 1. The number of hydrogen-bond acceptors (Lipinski definition) is 3. The predicted octanol–water partition coefficient (Wildman–Crippen LogP) is 1.63. The second kappa shape index (κ2) is 9.53. The van der Waals surface area contributed by atoms with Crippen LogP contribution in [0.1, 0.15) is 25.0 Å². The van der Waals surface area contributed by atoms with Crippen LogP contribution in [-0.4, -0.2) is 56.8 Å². The highest BCUT2D eigenvalue weighted by Crippen LogP contribution is 2.20. The van der Waals surface area contributed by atoms with Crippen LogP contribution >= 0.6 is 0 Å². The average molecular weight is 318 g/mol. The predicted molar refractivity (Wildman–Crippen MR) is 95.9 cm³/mol. The number of methoxy groups -OCH3 is 1. The molecule has 0 radical (unpaired) electrons. The van der Waals surface area contributed by atoms with Crippen molar-refractivity contribution in [1.29, 1.82) is 0 Å². The lowest BCUT2D eigenvalue weighted by Crippen LogP contribution is -2.42. The highest BCUT2D eigenvalue weighted by Gasteiger charge is 2.20. The topological polar surface area (TPSA) is 48.9 Å². The van der Waals surface area contributed by atoms with Gasteiger partial charge in [0.05, 0.1) is 13.2 Å². The molecule has 1 aromatic rings. The quantitative estimate of drug-likeness (QED) is 0.456. The Balaban J connectivity index is 1.87. The minimum Gasteiger partial charge on any atom is -0.383 e. The Labute approximate surface area is 140 Å². The van der Waals surface area contributed by atoms with Gasteiger partial charge in [-0.05, 0) is 31.4 Å². The first kappa shape index (κ1) is 17.8. The Morgan fingerprint density at radius 2 is 2.09 bits per heavy atom. The van der Waals surface area contributed by atoms with E-state index in [0.717, 1.165) is 45.1 Å². The number of nitrogens with zero attached hydrogens (tertiary/aromatic N) is 2. The zero-order valence-electron chi connectivity index (χ0n) is 14.6. The van der Waals surface area contributed by atoms with E-state index < -0.39 is 0 Å². The van der Waals surface area contributed by atoms with Crippen LogP contribution in [-0.2, 0) is 17.7 Å². The number of fused-ring (bicyclic) bond motifs is 1. The summed E-state index contributed by atoms with van der Waals surface area (Å²) in [6.07, 6.45) is 1.14. The fourth-order valence-corrected chi connectivity index (χ4v) is 2.85. The molecule has 0 spiro atoms. The van der Waals surface area contributed by atoms with Gasteiger partial charge in [-0.1, -0.05) is 24.3 Å². The van der Waals surface area contributed by atoms with Crippen molar-refractivity contribution < 1.29 is 4.74 Å². The number of benzene rings is 1. The molecular weight excluding hydrogens is 288 g/mol. The number of guanidine groups is 1. The van der Waals surface area contributed by atoms with Crippen molar-refractivity contribution >= 4 is 5.96 Å². The lowest BCUT2D eigenvalue weighted by atomic mass is 9.99. The van der Waals surface area contributed by atoms with Gasteiger partial charge in [-0.15, -0.1) is 0 Å². The van der Waals surface area contributed by atoms with Crippen LogP contribution in [0.25, 0.3) is 0 Å². The highest BCUT2D eigenvalue weighted by atomic mass is 16.5. The minimum atomic E-state index is 0.432. The molecule has 0 saturated carbocycles. The first-order valence-electron chi connectivity index (χ1n) is 8.56. The summed E-state index contributed by atoms with van der Waals surface area (Å²) in [7, 11) is 1.71. The molecule has 23 heavy (non-hydrogen) atoms. The summed E-state index contributed by atoms with van der Waals surface area (Å²) in [5.74, 6) is 0.869. The van der Waals surface area contributed by atoms with Gasteiger partial charge in [-0.25, -0.2) is 0 Å². The number of nitrogens with one attached hydrogen (secondary N) is 2. The van der Waals surface area contributed by atoms with E-state index in [-0.39, 0.29) is 0 Å². The van der Waals surface area contributed by atoms with E-state index in [4.69, 9.17) is 9.73 Å². The fraction of sp³-hybridized carbons (Fsp3) is 0.611. The molecule has 0 aromatic heterocycles. The highest BCUT2D eigenvalue weighted by molar-refractivity contribution is 5.79. The molecule has 1 atom stereocenters. The first-order chi connectivity index (χ1) is 11.2. The Kier molecular flexibility index (Phi) is 7.36. The van der Waals surface area contributed by atoms with E-state index in [0.29, 0.717) is 12.6 Å². The molecule has 2 rings (SSSR count).